The van der Waals surface area contributed by atoms with Crippen molar-refractivity contribution in [2.45, 2.75) is 57.3 Å². The van der Waals surface area contributed by atoms with Crippen LogP contribution in [0.3, 0.4) is 0 Å². The van der Waals surface area contributed by atoms with Crippen LogP contribution < -0.4 is 4.74 Å². The van der Waals surface area contributed by atoms with E-state index >= 15 is 0 Å². The van der Waals surface area contributed by atoms with Gasteiger partial charge in [0, 0.05) is 6.42 Å². The molecule has 0 aromatic heterocycles. The van der Waals surface area contributed by atoms with Crippen LogP contribution in [-0.2, 0) is 9.47 Å². The maximum atomic E-state index is 10.3. The van der Waals surface area contributed by atoms with Crippen LogP contribution in [0.2, 0.25) is 0 Å². The van der Waals surface area contributed by atoms with Crippen LogP contribution >= 0.6 is 0 Å². The Hall–Kier alpha value is -3.08. The first-order chi connectivity index (χ1) is 14.5. The summed E-state index contributed by atoms with van der Waals surface area (Å²) in [6, 6.07) is 13.6. The van der Waals surface area contributed by atoms with Crippen molar-refractivity contribution in [2.24, 2.45) is 16.7 Å². The molecular formula is C23H24N4O3. The van der Waals surface area contributed by atoms with Crippen LogP contribution in [0.1, 0.15) is 57.1 Å². The molecule has 1 saturated carbocycles. The number of nitriles is 3. The summed E-state index contributed by atoms with van der Waals surface area (Å²) in [5.74, 6) is -1.44. The van der Waals surface area contributed by atoms with Crippen LogP contribution in [0.4, 0.5) is 0 Å². The molecule has 1 N–H and O–H groups in total. The average Bonchev–Trinajstić information content (AvgIpc) is 2.78. The van der Waals surface area contributed by atoms with Crippen molar-refractivity contribution in [2.75, 3.05) is 6.61 Å². The lowest BCUT2D eigenvalue weighted by Gasteiger charge is -2.63. The van der Waals surface area contributed by atoms with Gasteiger partial charge in [0.15, 0.2) is 10.8 Å². The van der Waals surface area contributed by atoms with E-state index in [0.717, 1.165) is 25.7 Å². The molecule has 30 heavy (non-hydrogen) atoms. The second-order valence-electron chi connectivity index (χ2n) is 8.26. The average molecular weight is 404 g/mol. The van der Waals surface area contributed by atoms with Gasteiger partial charge < -0.3 is 14.2 Å². The molecule has 1 aromatic carbocycles. The second kappa shape index (κ2) is 7.31. The third-order valence-corrected chi connectivity index (χ3v) is 6.77. The minimum absolute atomic E-state index is 0.342. The third kappa shape index (κ3) is 2.47. The van der Waals surface area contributed by atoms with Crippen molar-refractivity contribution in [3.8, 4) is 24.0 Å². The quantitative estimate of drug-likeness (QED) is 0.727. The Morgan fingerprint density at radius 2 is 1.87 bits per heavy atom. The monoisotopic (exact) mass is 404 g/mol. The van der Waals surface area contributed by atoms with Gasteiger partial charge in [-0.15, -0.1) is 0 Å². The summed E-state index contributed by atoms with van der Waals surface area (Å²) in [4.78, 5) is 0. The minimum Gasteiger partial charge on any atom is -0.494 e. The molecular weight excluding hydrogens is 380 g/mol. The van der Waals surface area contributed by atoms with Gasteiger partial charge in [0.1, 0.15) is 11.9 Å². The standard InChI is InChI=1S/C23H24N4O3/c1-2-3-12-28-17-9-7-16(8-10-17)19-22(15-26)20(27)30-23(29-19)11-5-4-6-18(23)21(22,13-24)14-25/h7-10,18-19,27H,2-6,11-12H2,1H3/t18-,19+,22+,23+/m0/s1. The number of unbranched alkanes of at least 4 members (excludes halogenated alkanes) is 1. The molecule has 0 amide bonds. The van der Waals surface area contributed by atoms with Crippen LogP contribution in [0, 0.1) is 56.2 Å². The van der Waals surface area contributed by atoms with Crippen molar-refractivity contribution in [3.63, 3.8) is 0 Å². The van der Waals surface area contributed by atoms with E-state index in [9.17, 15) is 15.8 Å². The van der Waals surface area contributed by atoms with E-state index in [1.807, 2.05) is 0 Å². The number of nitrogens with zero attached hydrogens (tertiary/aromatic N) is 3. The number of fused-ring (bicyclic) bond motifs is 2. The van der Waals surface area contributed by atoms with Gasteiger partial charge >= 0.3 is 0 Å². The van der Waals surface area contributed by atoms with Crippen LogP contribution in [0.5, 0.6) is 5.75 Å². The Labute approximate surface area is 176 Å². The predicted molar refractivity (Wildman–Crippen MR) is 106 cm³/mol. The summed E-state index contributed by atoms with van der Waals surface area (Å²) >= 11 is 0. The molecule has 3 aliphatic heterocycles. The topological polar surface area (TPSA) is 123 Å². The first-order valence-corrected chi connectivity index (χ1v) is 10.5. The number of rotatable bonds is 5. The molecule has 3 saturated heterocycles. The summed E-state index contributed by atoms with van der Waals surface area (Å²) in [7, 11) is 0. The van der Waals surface area contributed by atoms with Crippen LogP contribution in [0.15, 0.2) is 24.3 Å². The molecule has 3 heterocycles. The summed E-state index contributed by atoms with van der Waals surface area (Å²) in [5, 5.41) is 39.2. The van der Waals surface area contributed by atoms with Gasteiger partial charge in [-0.2, -0.15) is 15.8 Å². The first kappa shape index (κ1) is 20.2. The summed E-state index contributed by atoms with van der Waals surface area (Å²) < 4.78 is 18.0. The molecule has 1 aromatic rings. The summed E-state index contributed by atoms with van der Waals surface area (Å²) in [6.07, 6.45) is 3.73. The lowest BCUT2D eigenvalue weighted by Crippen LogP contribution is -2.73. The van der Waals surface area contributed by atoms with E-state index in [4.69, 9.17) is 19.6 Å². The van der Waals surface area contributed by atoms with Crippen LogP contribution in [-0.4, -0.2) is 18.3 Å². The van der Waals surface area contributed by atoms with Gasteiger partial charge in [-0.3, -0.25) is 5.41 Å². The molecule has 1 spiro atoms. The highest BCUT2D eigenvalue weighted by Gasteiger charge is 2.80. The maximum Gasteiger partial charge on any atom is 0.218 e. The Morgan fingerprint density at radius 3 is 2.50 bits per heavy atom. The SMILES string of the molecule is CCCCOc1ccc([C@H]2O[C@@]34CCCC[C@H]3C(C#N)(C#N)[C@@]2(C#N)C(=N)O4)cc1. The molecule has 7 nitrogen and oxygen atoms in total. The highest BCUT2D eigenvalue weighted by Crippen LogP contribution is 2.69. The zero-order chi connectivity index (χ0) is 21.4. The normalized spacial score (nSPS) is 33.3. The Kier molecular flexibility index (Phi) is 4.92. The molecule has 2 bridgehead atoms. The van der Waals surface area contributed by atoms with Gasteiger partial charge in [0.2, 0.25) is 11.7 Å². The Bertz CT molecular complexity index is 956. The van der Waals surface area contributed by atoms with E-state index in [-0.39, 0.29) is 5.90 Å². The largest absolute Gasteiger partial charge is 0.494 e. The summed E-state index contributed by atoms with van der Waals surface area (Å²) in [5.41, 5.74) is -2.91. The molecule has 5 rings (SSSR count). The lowest BCUT2D eigenvalue weighted by atomic mass is 9.48. The number of nitrogens with one attached hydrogen (secondary N) is 1. The highest BCUT2D eigenvalue weighted by molar-refractivity contribution is 5.89. The van der Waals surface area contributed by atoms with E-state index in [2.05, 4.69) is 25.1 Å². The third-order valence-electron chi connectivity index (χ3n) is 6.77. The van der Waals surface area contributed by atoms with Gasteiger partial charge in [-0.05, 0) is 37.0 Å². The molecule has 0 unspecified atom stereocenters. The number of hydrogen-bond acceptors (Lipinski definition) is 7. The van der Waals surface area contributed by atoms with Gasteiger partial charge in [0.05, 0.1) is 30.7 Å². The smallest absolute Gasteiger partial charge is 0.218 e. The number of benzene rings is 1. The number of hydrogen-bond donors (Lipinski definition) is 1. The fourth-order valence-electron chi connectivity index (χ4n) is 5.21. The molecule has 0 radical (unpaired) electrons. The van der Waals surface area contributed by atoms with Crippen molar-refractivity contribution < 1.29 is 14.2 Å². The zero-order valence-electron chi connectivity index (χ0n) is 17.0. The Balaban J connectivity index is 1.80. The van der Waals surface area contributed by atoms with Crippen molar-refractivity contribution in [3.05, 3.63) is 29.8 Å². The fourth-order valence-corrected chi connectivity index (χ4v) is 5.21. The molecule has 4 aliphatic rings. The maximum absolute atomic E-state index is 10.3. The molecule has 1 aliphatic carbocycles. The fraction of sp³-hybridized carbons (Fsp3) is 0.565. The zero-order valence-corrected chi connectivity index (χ0v) is 17.0. The van der Waals surface area contributed by atoms with Gasteiger partial charge in [-0.25, -0.2) is 0 Å². The Morgan fingerprint density at radius 1 is 1.13 bits per heavy atom. The van der Waals surface area contributed by atoms with E-state index in [1.54, 1.807) is 24.3 Å². The van der Waals surface area contributed by atoms with E-state index in [1.165, 1.54) is 0 Å². The van der Waals surface area contributed by atoms with Crippen molar-refractivity contribution in [1.82, 2.24) is 0 Å². The van der Waals surface area contributed by atoms with E-state index in [0.29, 0.717) is 30.8 Å². The van der Waals surface area contributed by atoms with Crippen molar-refractivity contribution in [1.29, 1.82) is 21.2 Å². The molecule has 4 atom stereocenters. The van der Waals surface area contributed by atoms with Gasteiger partial charge in [0.25, 0.3) is 0 Å². The summed E-state index contributed by atoms with van der Waals surface area (Å²) in [6.45, 7) is 2.71. The molecule has 7 heteroatoms. The second-order valence-corrected chi connectivity index (χ2v) is 8.26. The minimum atomic E-state index is -1.83. The first-order valence-electron chi connectivity index (χ1n) is 10.5. The lowest BCUT2D eigenvalue weighted by molar-refractivity contribution is -0.360. The van der Waals surface area contributed by atoms with Gasteiger partial charge in [-0.1, -0.05) is 31.9 Å². The predicted octanol–water partition coefficient (Wildman–Crippen LogP) is 4.37. The van der Waals surface area contributed by atoms with Crippen molar-refractivity contribution >= 4 is 5.90 Å². The molecule has 4 fully saturated rings. The van der Waals surface area contributed by atoms with Crippen LogP contribution in [0.25, 0.3) is 0 Å². The highest BCUT2D eigenvalue weighted by atomic mass is 16.7. The molecule has 154 valence electrons. The number of ether oxygens (including phenoxy) is 3. The van der Waals surface area contributed by atoms with E-state index < -0.39 is 28.6 Å².